The Kier molecular flexibility index (Phi) is 6.11. The number of rotatable bonds is 4. The Morgan fingerprint density at radius 3 is 1.80 bits per heavy atom. The molecule has 0 N–H and O–H groups in total. The summed E-state index contributed by atoms with van der Waals surface area (Å²) in [5, 5.41) is 8.75. The Balaban J connectivity index is 1.28. The van der Waals surface area contributed by atoms with Crippen molar-refractivity contribution < 1.29 is 4.42 Å². The van der Waals surface area contributed by atoms with Crippen molar-refractivity contribution in [3.05, 3.63) is 158 Å². The predicted octanol–water partition coefficient (Wildman–Crippen LogP) is 11.3. The fourth-order valence-electron chi connectivity index (χ4n) is 6.87. The van der Waals surface area contributed by atoms with Crippen molar-refractivity contribution in [3.8, 4) is 45.3 Å². The van der Waals surface area contributed by atoms with Crippen molar-refractivity contribution >= 4 is 54.3 Å². The van der Waals surface area contributed by atoms with Gasteiger partial charge in [-0.25, -0.2) is 15.0 Å². The van der Waals surface area contributed by atoms with Crippen LogP contribution in [-0.2, 0) is 0 Å². The van der Waals surface area contributed by atoms with Gasteiger partial charge in [0.15, 0.2) is 17.5 Å². The maximum atomic E-state index is 6.65. The van der Waals surface area contributed by atoms with Crippen LogP contribution >= 0.6 is 0 Å². The van der Waals surface area contributed by atoms with Crippen LogP contribution in [0.25, 0.3) is 99.5 Å². The minimum absolute atomic E-state index is 0.585. The van der Waals surface area contributed by atoms with E-state index in [1.54, 1.807) is 0 Å². The second-order valence-corrected chi connectivity index (χ2v) is 12.4. The normalized spacial score (nSPS) is 11.7. The van der Waals surface area contributed by atoms with Crippen LogP contribution in [0, 0.1) is 0 Å². The molecule has 0 aliphatic heterocycles. The van der Waals surface area contributed by atoms with Gasteiger partial charge in [0.2, 0.25) is 0 Å². The van der Waals surface area contributed by atoms with Gasteiger partial charge >= 0.3 is 0 Å². The highest BCUT2D eigenvalue weighted by atomic mass is 16.3. The van der Waals surface area contributed by atoms with Crippen LogP contribution in [0.5, 0.6) is 0 Å². The summed E-state index contributed by atoms with van der Waals surface area (Å²) in [6.45, 7) is 0. The van der Waals surface area contributed by atoms with Crippen molar-refractivity contribution in [2.45, 2.75) is 0 Å². The first-order valence-electron chi connectivity index (χ1n) is 16.3. The van der Waals surface area contributed by atoms with Gasteiger partial charge in [-0.1, -0.05) is 103 Å². The smallest absolute Gasteiger partial charge is 0.164 e. The average molecular weight is 627 g/mol. The SMILES string of the molecule is c1ccc(-c2nc(-c3ccc4ccccc4c3)nc(-c3cc(-c4ccc5ccccc5c4)cc4oc5cc6cnccc6cc5c34)n2)cc1. The van der Waals surface area contributed by atoms with Crippen molar-refractivity contribution in [2.75, 3.05) is 0 Å². The first kappa shape index (κ1) is 27.4. The third-order valence-electron chi connectivity index (χ3n) is 9.33. The van der Waals surface area contributed by atoms with E-state index in [4.69, 9.17) is 19.4 Å². The van der Waals surface area contributed by atoms with Gasteiger partial charge in [-0.15, -0.1) is 0 Å². The molecule has 3 heterocycles. The molecule has 0 fully saturated rings. The van der Waals surface area contributed by atoms with E-state index in [0.29, 0.717) is 17.5 Å². The lowest BCUT2D eigenvalue weighted by atomic mass is 9.96. The number of hydrogen-bond acceptors (Lipinski definition) is 5. The summed E-state index contributed by atoms with van der Waals surface area (Å²) >= 11 is 0. The minimum Gasteiger partial charge on any atom is -0.456 e. The predicted molar refractivity (Wildman–Crippen MR) is 199 cm³/mol. The van der Waals surface area contributed by atoms with E-state index in [-0.39, 0.29) is 0 Å². The molecule has 10 rings (SSSR count). The van der Waals surface area contributed by atoms with Gasteiger partial charge in [0.05, 0.1) is 0 Å². The lowest BCUT2D eigenvalue weighted by molar-refractivity contribution is 0.669. The molecule has 0 saturated carbocycles. The quantitative estimate of drug-likeness (QED) is 0.194. The zero-order valence-corrected chi connectivity index (χ0v) is 26.2. The highest BCUT2D eigenvalue weighted by Gasteiger charge is 2.20. The Hall–Kier alpha value is -6.72. The van der Waals surface area contributed by atoms with Crippen molar-refractivity contribution in [3.63, 3.8) is 0 Å². The van der Waals surface area contributed by atoms with E-state index in [0.717, 1.165) is 65.9 Å². The van der Waals surface area contributed by atoms with E-state index >= 15 is 0 Å². The molecule has 7 aromatic carbocycles. The molecular formula is C44H26N4O. The summed E-state index contributed by atoms with van der Waals surface area (Å²) in [4.78, 5) is 19.8. The van der Waals surface area contributed by atoms with Crippen LogP contribution in [0.2, 0.25) is 0 Å². The van der Waals surface area contributed by atoms with Crippen LogP contribution in [0.1, 0.15) is 0 Å². The fourth-order valence-corrected chi connectivity index (χ4v) is 6.87. The Bertz CT molecular complexity index is 2890. The molecular weight excluding hydrogens is 601 g/mol. The van der Waals surface area contributed by atoms with E-state index in [1.807, 2.05) is 48.8 Å². The Labute approximate surface area is 281 Å². The summed E-state index contributed by atoms with van der Waals surface area (Å²) in [5.74, 6) is 1.81. The monoisotopic (exact) mass is 626 g/mol. The molecule has 0 aliphatic carbocycles. The molecule has 49 heavy (non-hydrogen) atoms. The number of furan rings is 1. The summed E-state index contributed by atoms with van der Waals surface area (Å²) in [6.07, 6.45) is 3.69. The number of fused-ring (bicyclic) bond motifs is 6. The van der Waals surface area contributed by atoms with Gasteiger partial charge in [-0.3, -0.25) is 4.98 Å². The largest absolute Gasteiger partial charge is 0.456 e. The molecule has 228 valence electrons. The number of benzene rings is 7. The second kappa shape index (κ2) is 10.9. The molecule has 0 bridgehead atoms. The molecule has 0 unspecified atom stereocenters. The van der Waals surface area contributed by atoms with Gasteiger partial charge in [-0.2, -0.15) is 0 Å². The zero-order chi connectivity index (χ0) is 32.3. The topological polar surface area (TPSA) is 64.7 Å². The van der Waals surface area contributed by atoms with Crippen LogP contribution in [-0.4, -0.2) is 19.9 Å². The molecule has 5 heteroatoms. The average Bonchev–Trinajstić information content (AvgIpc) is 3.53. The number of nitrogens with zero attached hydrogens (tertiary/aromatic N) is 4. The summed E-state index contributed by atoms with van der Waals surface area (Å²) in [6, 6.07) is 50.4. The number of hydrogen-bond donors (Lipinski definition) is 0. The molecule has 5 nitrogen and oxygen atoms in total. The van der Waals surface area contributed by atoms with E-state index < -0.39 is 0 Å². The first-order valence-corrected chi connectivity index (χ1v) is 16.3. The maximum absolute atomic E-state index is 6.65. The highest BCUT2D eigenvalue weighted by Crippen LogP contribution is 2.41. The highest BCUT2D eigenvalue weighted by molar-refractivity contribution is 6.16. The van der Waals surface area contributed by atoms with Crippen molar-refractivity contribution in [1.82, 2.24) is 19.9 Å². The van der Waals surface area contributed by atoms with Crippen LogP contribution in [0.4, 0.5) is 0 Å². The van der Waals surface area contributed by atoms with Gasteiger partial charge in [-0.05, 0) is 80.5 Å². The van der Waals surface area contributed by atoms with Gasteiger partial charge < -0.3 is 4.42 Å². The van der Waals surface area contributed by atoms with Gasteiger partial charge in [0.25, 0.3) is 0 Å². The Morgan fingerprint density at radius 2 is 1.02 bits per heavy atom. The van der Waals surface area contributed by atoms with Gasteiger partial charge in [0.1, 0.15) is 11.2 Å². The molecule has 0 spiro atoms. The summed E-state index contributed by atoms with van der Waals surface area (Å²) < 4.78 is 6.65. The molecule has 10 aromatic rings. The second-order valence-electron chi connectivity index (χ2n) is 12.4. The zero-order valence-electron chi connectivity index (χ0n) is 26.2. The number of pyridine rings is 1. The lowest BCUT2D eigenvalue weighted by Crippen LogP contribution is -2.00. The third kappa shape index (κ3) is 4.71. The van der Waals surface area contributed by atoms with E-state index in [2.05, 4.69) is 114 Å². The van der Waals surface area contributed by atoms with Crippen molar-refractivity contribution in [1.29, 1.82) is 0 Å². The maximum Gasteiger partial charge on any atom is 0.164 e. The Morgan fingerprint density at radius 1 is 0.388 bits per heavy atom. The fraction of sp³-hybridized carbons (Fsp3) is 0. The molecule has 3 aromatic heterocycles. The summed E-state index contributed by atoms with van der Waals surface area (Å²) in [7, 11) is 0. The molecule has 0 atom stereocenters. The van der Waals surface area contributed by atoms with Crippen molar-refractivity contribution in [2.24, 2.45) is 0 Å². The van der Waals surface area contributed by atoms with E-state index in [9.17, 15) is 0 Å². The summed E-state index contributed by atoms with van der Waals surface area (Å²) in [5.41, 5.74) is 6.40. The molecule has 0 saturated heterocycles. The standard InChI is InChI=1S/C44H26N4O/c1-2-10-29(11-3-1)42-46-43(34-17-15-28-9-5-7-13-31(28)21-34)48-44(47-42)38-23-35(32-16-14-27-8-4-6-12-30(27)20-32)24-40-41(38)37-22-33-18-19-45-26-36(33)25-39(37)49-40/h1-26H. The van der Waals surface area contributed by atoms with Gasteiger partial charge in [0, 0.05) is 45.2 Å². The number of aromatic nitrogens is 4. The minimum atomic E-state index is 0.585. The molecule has 0 amide bonds. The lowest BCUT2D eigenvalue weighted by Gasteiger charge is -2.12. The molecule has 0 aliphatic rings. The van der Waals surface area contributed by atoms with E-state index in [1.165, 1.54) is 16.2 Å². The first-order chi connectivity index (χ1) is 24.2. The third-order valence-corrected chi connectivity index (χ3v) is 9.33. The molecule has 0 radical (unpaired) electrons. The van der Waals surface area contributed by atoms with Crippen LogP contribution in [0.3, 0.4) is 0 Å². The van der Waals surface area contributed by atoms with Crippen LogP contribution in [0.15, 0.2) is 162 Å². The van der Waals surface area contributed by atoms with Crippen LogP contribution < -0.4 is 0 Å².